The molecule has 1 saturated heterocycles. The fourth-order valence-corrected chi connectivity index (χ4v) is 11.2. The summed E-state index contributed by atoms with van der Waals surface area (Å²) < 4.78 is 0. The van der Waals surface area contributed by atoms with Gasteiger partial charge < -0.3 is 112 Å². The third-order valence-corrected chi connectivity index (χ3v) is 17.0. The molecule has 102 heavy (non-hydrogen) atoms. The third kappa shape index (κ3) is 37.9. The lowest BCUT2D eigenvalue weighted by molar-refractivity contribution is -0.144. The minimum absolute atomic E-state index is 0.0213. The Bertz CT molecular complexity index is 2980. The van der Waals surface area contributed by atoms with E-state index in [1.54, 1.807) is 6.92 Å². The van der Waals surface area contributed by atoms with E-state index in [2.05, 4.69) is 46.6 Å². The number of carbonyl (C=O) groups is 15. The van der Waals surface area contributed by atoms with Gasteiger partial charge in [0.2, 0.25) is 65.0 Å². The van der Waals surface area contributed by atoms with Gasteiger partial charge in [-0.15, -0.1) is 0 Å². The fourth-order valence-electron chi connectivity index (χ4n) is 11.2. The molecule has 0 aromatic rings. The number of nitrogens with two attached hydrogens (primary N) is 14. The maximum Gasteiger partial charge on any atom is 0.243 e. The SMILES string of the molecule is C[C@H](NC(=O)[C@H](CCC(N)=O)CC(=O)[C@@H](C)CCCN=C(N)N)C(=O)C[C@@H](CCC(N)=O)C(=O)N[C@@H](CCCN=C(N)N)C(=O)C[C@@H](CCCN=C(N)N)C(=O)N1CCC[C@H]1C(=O)N[C@@H](CCC(N)=O)C(=O)N[C@@H](CCCN=C(N)N)C(=O)C[C@@H](CCC(N)=O)C(=O)N[C@@H](CCCCN)C(N)=O. The Morgan fingerprint density at radius 2 is 0.755 bits per heavy atom. The van der Waals surface area contributed by atoms with Crippen molar-refractivity contribution in [2.75, 3.05) is 39.3 Å². The van der Waals surface area contributed by atoms with Crippen LogP contribution in [0.2, 0.25) is 0 Å². The van der Waals surface area contributed by atoms with Crippen LogP contribution in [-0.4, -0.2) is 192 Å². The molecule has 1 aliphatic heterocycles. The van der Waals surface area contributed by atoms with Crippen LogP contribution in [0.25, 0.3) is 0 Å². The van der Waals surface area contributed by atoms with Gasteiger partial charge in [0.1, 0.15) is 23.9 Å². The average Bonchev–Trinajstić information content (AvgIpc) is 1.54. The lowest BCUT2D eigenvalue weighted by Crippen LogP contribution is -2.56. The molecule has 33 N–H and O–H groups in total. The number of nitrogens with one attached hydrogen (secondary N) is 5. The highest BCUT2D eigenvalue weighted by Gasteiger charge is 2.41. The van der Waals surface area contributed by atoms with E-state index in [-0.39, 0.29) is 159 Å². The van der Waals surface area contributed by atoms with Crippen molar-refractivity contribution in [3.63, 3.8) is 0 Å². The first-order valence-corrected chi connectivity index (χ1v) is 34.2. The van der Waals surface area contributed by atoms with Crippen molar-refractivity contribution in [1.29, 1.82) is 0 Å². The van der Waals surface area contributed by atoms with Crippen molar-refractivity contribution < 1.29 is 71.9 Å². The molecule has 0 bridgehead atoms. The second-order valence-electron chi connectivity index (χ2n) is 25.5. The van der Waals surface area contributed by atoms with Gasteiger partial charge in [-0.25, -0.2) is 0 Å². The minimum atomic E-state index is -1.61. The van der Waals surface area contributed by atoms with Gasteiger partial charge in [-0.05, 0) is 123 Å². The number of unbranched alkanes of at least 4 members (excludes halogenated alkanes) is 1. The van der Waals surface area contributed by atoms with Gasteiger partial charge in [-0.2, -0.15) is 0 Å². The maximum absolute atomic E-state index is 15.0. The van der Waals surface area contributed by atoms with Crippen molar-refractivity contribution in [1.82, 2.24) is 31.5 Å². The first kappa shape index (κ1) is 89.9. The molecule has 0 aromatic heterocycles. The van der Waals surface area contributed by atoms with E-state index in [4.69, 9.17) is 80.3 Å². The van der Waals surface area contributed by atoms with Crippen LogP contribution in [-0.2, 0) is 71.9 Å². The average molecular weight is 1450 g/mol. The van der Waals surface area contributed by atoms with E-state index in [0.717, 1.165) is 0 Å². The molecule has 0 radical (unpaired) electrons. The quantitative estimate of drug-likeness (QED) is 0.0153. The van der Waals surface area contributed by atoms with Gasteiger partial charge in [-0.1, -0.05) is 6.92 Å². The van der Waals surface area contributed by atoms with Crippen LogP contribution in [0.5, 0.6) is 0 Å². The summed E-state index contributed by atoms with van der Waals surface area (Å²) in [5.74, 6) is -18.2. The van der Waals surface area contributed by atoms with Crippen LogP contribution >= 0.6 is 0 Å². The van der Waals surface area contributed by atoms with E-state index in [0.29, 0.717) is 32.2 Å². The van der Waals surface area contributed by atoms with E-state index in [1.807, 2.05) is 0 Å². The second-order valence-corrected chi connectivity index (χ2v) is 25.5. The van der Waals surface area contributed by atoms with Gasteiger partial charge in [0.05, 0.1) is 18.1 Å². The minimum Gasteiger partial charge on any atom is -0.370 e. The Morgan fingerprint density at radius 3 is 1.19 bits per heavy atom. The predicted molar refractivity (Wildman–Crippen MR) is 377 cm³/mol. The molecule has 0 saturated carbocycles. The third-order valence-electron chi connectivity index (χ3n) is 17.0. The number of carbonyl (C=O) groups excluding carboxylic acids is 15. The Hall–Kier alpha value is -10.1. The summed E-state index contributed by atoms with van der Waals surface area (Å²) in [6.07, 6.45) is -2.78. The molecule has 574 valence electrons. The van der Waals surface area contributed by atoms with Gasteiger partial charge in [0.15, 0.2) is 41.2 Å². The zero-order chi connectivity index (χ0) is 77.2. The van der Waals surface area contributed by atoms with Crippen LogP contribution in [0.3, 0.4) is 0 Å². The number of rotatable bonds is 56. The molecule has 39 nitrogen and oxygen atoms in total. The maximum atomic E-state index is 15.0. The van der Waals surface area contributed by atoms with Gasteiger partial charge in [0, 0.05) is 114 Å². The summed E-state index contributed by atoms with van der Waals surface area (Å²) >= 11 is 0. The summed E-state index contributed by atoms with van der Waals surface area (Å²) in [4.78, 5) is 220. The number of likely N-dealkylation sites (tertiary alicyclic amines) is 1. The number of primary amides is 5. The number of nitrogens with zero attached hydrogens (tertiary/aromatic N) is 5. The van der Waals surface area contributed by atoms with Gasteiger partial charge >= 0.3 is 0 Å². The molecule has 1 heterocycles. The molecule has 0 aromatic carbocycles. The summed E-state index contributed by atoms with van der Waals surface area (Å²) in [5, 5.41) is 13.0. The van der Waals surface area contributed by atoms with E-state index in [9.17, 15) is 67.1 Å². The second kappa shape index (κ2) is 48.6. The van der Waals surface area contributed by atoms with Crippen molar-refractivity contribution in [3.05, 3.63) is 0 Å². The first-order valence-electron chi connectivity index (χ1n) is 34.2. The number of amides is 11. The lowest BCUT2D eigenvalue weighted by atomic mass is 9.88. The van der Waals surface area contributed by atoms with Gasteiger partial charge in [0.25, 0.3) is 0 Å². The summed E-state index contributed by atoms with van der Waals surface area (Å²) in [5.41, 5.74) is 77.2. The van der Waals surface area contributed by atoms with Crippen molar-refractivity contribution in [2.45, 2.75) is 211 Å². The Labute approximate surface area is 593 Å². The number of aliphatic imine (C=N–C) groups is 4. The van der Waals surface area contributed by atoms with Gasteiger partial charge in [-0.3, -0.25) is 91.9 Å². The largest absolute Gasteiger partial charge is 0.370 e. The summed E-state index contributed by atoms with van der Waals surface area (Å²) in [7, 11) is 0. The molecular weight excluding hydrogens is 1330 g/mol. The number of hydrogen-bond donors (Lipinski definition) is 19. The van der Waals surface area contributed by atoms with Crippen molar-refractivity contribution in [2.24, 2.45) is 130 Å². The molecule has 11 atom stereocenters. The van der Waals surface area contributed by atoms with E-state index >= 15 is 4.79 Å². The molecular formula is C63H112N24O15. The Balaban J connectivity index is 3.75. The zero-order valence-corrected chi connectivity index (χ0v) is 58.7. The highest BCUT2D eigenvalue weighted by molar-refractivity contribution is 5.99. The standard InChI is InChI=1S/C63H112N24O15/c1-34(10-5-25-78-60(70)71)45(88)30-36(16-20-49(65)92)54(97)82-35(2)46(89)31-37(17-21-50(66)93)55(98)83-40(13-7-27-80-62(74)75)48(91)33-39(11-6-26-79-61(72)73)59(102)87-29-9-15-44(87)58(101)86-43(19-23-52(68)95)57(100)84-41(14-8-28-81-63(76)77)47(90)32-38(18-22-51(67)94)56(99)85-42(53(69)96)12-3-4-24-64/h34-44H,3-33,64H2,1-2H3,(H2,65,92)(H2,66,93)(H2,67,94)(H2,68,95)(H2,69,96)(H,82,97)(H,83,98)(H,84,100)(H,85,99)(H,86,101)(H4,70,71,78)(H4,72,73,79)(H4,74,75,80)(H4,76,77,81)/t34-,35-,36+,37+,38+,39+,40-,41-,42-,43-,44-/m0/s1. The van der Waals surface area contributed by atoms with Crippen LogP contribution in [0, 0.1) is 29.6 Å². The smallest absolute Gasteiger partial charge is 0.243 e. The number of guanidine groups is 4. The fraction of sp³-hybridized carbons (Fsp3) is 0.698. The summed E-state index contributed by atoms with van der Waals surface area (Å²) in [6, 6.07) is -8.25. The van der Waals surface area contributed by atoms with Crippen LogP contribution in [0.15, 0.2) is 20.0 Å². The van der Waals surface area contributed by atoms with E-state index in [1.165, 1.54) is 11.8 Å². The van der Waals surface area contributed by atoms with Crippen LogP contribution in [0.1, 0.15) is 174 Å². The van der Waals surface area contributed by atoms with E-state index < -0.39 is 187 Å². The van der Waals surface area contributed by atoms with Crippen molar-refractivity contribution >= 4 is 112 Å². The number of ketones is 4. The number of hydrogen-bond acceptors (Lipinski definition) is 20. The molecule has 0 aliphatic carbocycles. The van der Waals surface area contributed by atoms with Crippen molar-refractivity contribution in [3.8, 4) is 0 Å². The Morgan fingerprint density at radius 1 is 0.382 bits per heavy atom. The number of Topliss-reactive ketones (excluding diaryl/α,β-unsaturated/α-hetero) is 4. The zero-order valence-electron chi connectivity index (χ0n) is 58.7. The topological polar surface area (TPSA) is 733 Å². The highest BCUT2D eigenvalue weighted by Crippen LogP contribution is 2.27. The molecule has 11 amide bonds. The highest BCUT2D eigenvalue weighted by atomic mass is 16.2. The molecule has 0 spiro atoms. The van der Waals surface area contributed by atoms with Crippen LogP contribution in [0.4, 0.5) is 0 Å². The normalized spacial score (nSPS) is 15.4. The molecule has 1 aliphatic rings. The van der Waals surface area contributed by atoms with Crippen LogP contribution < -0.4 is 107 Å². The molecule has 39 heteroatoms. The monoisotopic (exact) mass is 1440 g/mol. The first-order chi connectivity index (χ1) is 48.0. The Kier molecular flexibility index (Phi) is 42.9. The molecule has 1 fully saturated rings. The molecule has 0 unspecified atom stereocenters. The predicted octanol–water partition coefficient (Wildman–Crippen LogP) is -6.75. The summed E-state index contributed by atoms with van der Waals surface area (Å²) in [6.45, 7) is 3.41. The lowest BCUT2D eigenvalue weighted by Gasteiger charge is -2.30. The molecule has 1 rings (SSSR count).